The van der Waals surface area contributed by atoms with Crippen LogP contribution in [-0.2, 0) is 4.74 Å². The summed E-state index contributed by atoms with van der Waals surface area (Å²) in [5.74, 6) is -0.170. The van der Waals surface area contributed by atoms with Crippen molar-refractivity contribution in [2.24, 2.45) is 0 Å². The lowest BCUT2D eigenvalue weighted by Crippen LogP contribution is -2.40. The highest BCUT2D eigenvalue weighted by atomic mass is 35.5. The molecule has 1 aromatic rings. The molecule has 22 heavy (non-hydrogen) atoms. The van der Waals surface area contributed by atoms with E-state index in [1.807, 2.05) is 0 Å². The third-order valence-corrected chi connectivity index (χ3v) is 3.99. The summed E-state index contributed by atoms with van der Waals surface area (Å²) in [7, 11) is 1.45. The summed E-state index contributed by atoms with van der Waals surface area (Å²) in [6.07, 6.45) is 1.49. The number of nitrogens with two attached hydrogens (primary N) is 1. The van der Waals surface area contributed by atoms with E-state index in [-0.39, 0.29) is 23.3 Å². The number of carbonyl (C=O) groups is 1. The van der Waals surface area contributed by atoms with Crippen molar-refractivity contribution in [2.75, 3.05) is 39.1 Å². The lowest BCUT2D eigenvalue weighted by molar-refractivity contribution is 0.0343. The normalized spacial score (nSPS) is 19.0. The van der Waals surface area contributed by atoms with Crippen molar-refractivity contribution < 1.29 is 19.4 Å². The molecule has 1 fully saturated rings. The minimum absolute atomic E-state index is 0.247. The van der Waals surface area contributed by atoms with Crippen LogP contribution in [0.5, 0.6) is 5.75 Å². The van der Waals surface area contributed by atoms with Gasteiger partial charge in [-0.2, -0.15) is 0 Å². The van der Waals surface area contributed by atoms with Crippen molar-refractivity contribution in [2.45, 2.75) is 18.9 Å². The number of aliphatic hydroxyl groups excluding tert-OH is 1. The number of methoxy groups -OCH3 is 1. The molecule has 1 saturated heterocycles. The topological polar surface area (TPSA) is 85.0 Å². The van der Waals surface area contributed by atoms with Crippen LogP contribution in [0.25, 0.3) is 0 Å². The average molecular weight is 329 g/mol. The van der Waals surface area contributed by atoms with Crippen molar-refractivity contribution in [1.29, 1.82) is 0 Å². The summed E-state index contributed by atoms with van der Waals surface area (Å²) in [6, 6.07) is 2.95. The van der Waals surface area contributed by atoms with Crippen LogP contribution in [0.3, 0.4) is 0 Å². The molecule has 0 aromatic heterocycles. The molecule has 2 rings (SSSR count). The Balaban J connectivity index is 1.91. The van der Waals surface area contributed by atoms with E-state index in [9.17, 15) is 9.90 Å². The molecule has 0 saturated carbocycles. The van der Waals surface area contributed by atoms with Crippen molar-refractivity contribution in [3.8, 4) is 5.75 Å². The second kappa shape index (κ2) is 7.67. The van der Waals surface area contributed by atoms with Crippen LogP contribution in [0, 0.1) is 0 Å². The van der Waals surface area contributed by atoms with E-state index in [0.717, 1.165) is 19.4 Å². The Morgan fingerprint density at radius 1 is 1.55 bits per heavy atom. The lowest BCUT2D eigenvalue weighted by atomic mass is 10.1. The maximum Gasteiger partial charge on any atom is 0.342 e. The van der Waals surface area contributed by atoms with E-state index in [4.69, 9.17) is 26.8 Å². The number of rotatable bonds is 5. The predicted octanol–water partition coefficient (Wildman–Crippen LogP) is 1.54. The highest BCUT2D eigenvalue weighted by Gasteiger charge is 2.19. The van der Waals surface area contributed by atoms with E-state index in [0.29, 0.717) is 24.5 Å². The summed E-state index contributed by atoms with van der Waals surface area (Å²) < 4.78 is 10.4. The molecule has 0 unspecified atom stereocenters. The number of β-amino-alcohol motifs (C(OH)–C–C–N with tert-alkyl or cyclic N) is 1. The summed E-state index contributed by atoms with van der Waals surface area (Å²) in [4.78, 5) is 14.2. The van der Waals surface area contributed by atoms with Gasteiger partial charge in [0.2, 0.25) is 0 Å². The minimum atomic E-state index is -0.503. The number of ether oxygens (including phenoxy) is 2. The number of hydrogen-bond donors (Lipinski definition) is 2. The van der Waals surface area contributed by atoms with Crippen LogP contribution >= 0.6 is 11.6 Å². The quantitative estimate of drug-likeness (QED) is 0.630. The van der Waals surface area contributed by atoms with Gasteiger partial charge in [-0.05, 0) is 25.5 Å². The first kappa shape index (κ1) is 16.9. The number of piperidine rings is 1. The molecular weight excluding hydrogens is 308 g/mol. The number of nitrogen functional groups attached to an aromatic ring is 1. The maximum atomic E-state index is 12.1. The zero-order chi connectivity index (χ0) is 16.1. The average Bonchev–Trinajstić information content (AvgIpc) is 2.49. The molecule has 122 valence electrons. The van der Waals surface area contributed by atoms with Crippen LogP contribution < -0.4 is 10.5 Å². The van der Waals surface area contributed by atoms with Crippen LogP contribution in [-0.4, -0.2) is 55.4 Å². The van der Waals surface area contributed by atoms with Gasteiger partial charge in [-0.25, -0.2) is 4.79 Å². The number of carbonyl (C=O) groups excluding carboxylic acids is 1. The summed E-state index contributed by atoms with van der Waals surface area (Å²) >= 11 is 5.93. The molecule has 1 aliphatic heterocycles. The highest BCUT2D eigenvalue weighted by Crippen LogP contribution is 2.29. The number of halogens is 1. The Hall–Kier alpha value is -1.50. The lowest BCUT2D eigenvalue weighted by Gasteiger charge is -2.29. The van der Waals surface area contributed by atoms with Gasteiger partial charge in [0.1, 0.15) is 17.9 Å². The Bertz CT molecular complexity index is 539. The zero-order valence-corrected chi connectivity index (χ0v) is 13.3. The third kappa shape index (κ3) is 4.25. The number of anilines is 1. The molecule has 0 spiro atoms. The molecule has 0 bridgehead atoms. The van der Waals surface area contributed by atoms with E-state index >= 15 is 0 Å². The van der Waals surface area contributed by atoms with Gasteiger partial charge in [-0.1, -0.05) is 11.6 Å². The van der Waals surface area contributed by atoms with Gasteiger partial charge in [-0.15, -0.1) is 0 Å². The van der Waals surface area contributed by atoms with Crippen molar-refractivity contribution in [3.05, 3.63) is 22.7 Å². The van der Waals surface area contributed by atoms with E-state index in [1.165, 1.54) is 19.2 Å². The van der Waals surface area contributed by atoms with Crippen molar-refractivity contribution >= 4 is 23.3 Å². The van der Waals surface area contributed by atoms with Gasteiger partial charge in [0.15, 0.2) is 0 Å². The van der Waals surface area contributed by atoms with Crippen LogP contribution in [0.4, 0.5) is 5.69 Å². The first-order chi connectivity index (χ1) is 10.5. The molecule has 0 aliphatic carbocycles. The van der Waals surface area contributed by atoms with Crippen LogP contribution in [0.1, 0.15) is 23.2 Å². The maximum absolute atomic E-state index is 12.1. The number of hydrogen-bond acceptors (Lipinski definition) is 6. The number of likely N-dealkylation sites (tertiary alicyclic amines) is 1. The summed E-state index contributed by atoms with van der Waals surface area (Å²) in [5, 5.41) is 9.88. The SMILES string of the molecule is COc1cc(N)c(Cl)cc1C(=O)OCCN1CCC[C@H](O)C1. The van der Waals surface area contributed by atoms with Gasteiger partial charge in [-0.3, -0.25) is 4.90 Å². The third-order valence-electron chi connectivity index (χ3n) is 3.66. The number of nitrogens with zero attached hydrogens (tertiary/aromatic N) is 1. The van der Waals surface area contributed by atoms with E-state index in [2.05, 4.69) is 4.90 Å². The van der Waals surface area contributed by atoms with Gasteiger partial charge in [0.25, 0.3) is 0 Å². The Morgan fingerprint density at radius 2 is 2.32 bits per heavy atom. The number of benzene rings is 1. The molecule has 1 atom stereocenters. The Labute approximate surface area is 134 Å². The molecule has 1 heterocycles. The number of esters is 1. The second-order valence-corrected chi connectivity index (χ2v) is 5.71. The monoisotopic (exact) mass is 328 g/mol. The smallest absolute Gasteiger partial charge is 0.342 e. The van der Waals surface area contributed by atoms with Crippen molar-refractivity contribution in [1.82, 2.24) is 4.90 Å². The fourth-order valence-electron chi connectivity index (χ4n) is 2.48. The van der Waals surface area contributed by atoms with Gasteiger partial charge in [0, 0.05) is 19.2 Å². The number of aliphatic hydroxyl groups is 1. The zero-order valence-electron chi connectivity index (χ0n) is 12.5. The van der Waals surface area contributed by atoms with Crippen molar-refractivity contribution in [3.63, 3.8) is 0 Å². The van der Waals surface area contributed by atoms with Crippen LogP contribution in [0.15, 0.2) is 12.1 Å². The predicted molar refractivity (Wildman–Crippen MR) is 84.4 cm³/mol. The molecular formula is C15H21ClN2O4. The summed E-state index contributed by atoms with van der Waals surface area (Å²) in [6.45, 7) is 2.37. The Morgan fingerprint density at radius 3 is 3.00 bits per heavy atom. The Kier molecular flexibility index (Phi) is 5.88. The van der Waals surface area contributed by atoms with Gasteiger partial charge < -0.3 is 20.3 Å². The first-order valence-corrected chi connectivity index (χ1v) is 7.59. The molecule has 0 amide bonds. The molecule has 3 N–H and O–H groups in total. The molecule has 7 heteroatoms. The minimum Gasteiger partial charge on any atom is -0.496 e. The van der Waals surface area contributed by atoms with Gasteiger partial charge in [0.05, 0.1) is 23.9 Å². The highest BCUT2D eigenvalue weighted by molar-refractivity contribution is 6.33. The second-order valence-electron chi connectivity index (χ2n) is 5.31. The first-order valence-electron chi connectivity index (χ1n) is 7.22. The molecule has 0 radical (unpaired) electrons. The van der Waals surface area contributed by atoms with E-state index < -0.39 is 5.97 Å². The fraction of sp³-hybridized carbons (Fsp3) is 0.533. The molecule has 1 aromatic carbocycles. The van der Waals surface area contributed by atoms with Gasteiger partial charge >= 0.3 is 5.97 Å². The molecule has 1 aliphatic rings. The standard InChI is InChI=1S/C15H21ClN2O4/c1-21-14-8-13(17)12(16)7-11(14)15(20)22-6-5-18-4-2-3-10(19)9-18/h7-8,10,19H,2-6,9,17H2,1H3/t10-/m0/s1. The summed E-state index contributed by atoms with van der Waals surface area (Å²) in [5.41, 5.74) is 6.28. The van der Waals surface area contributed by atoms with E-state index in [1.54, 1.807) is 0 Å². The fourth-order valence-corrected chi connectivity index (χ4v) is 2.64. The largest absolute Gasteiger partial charge is 0.496 e. The van der Waals surface area contributed by atoms with Crippen LogP contribution in [0.2, 0.25) is 5.02 Å². The molecule has 6 nitrogen and oxygen atoms in total.